The lowest BCUT2D eigenvalue weighted by Gasteiger charge is -2.07. The number of halogens is 4. The minimum atomic E-state index is -4.67. The third-order valence-corrected chi connectivity index (χ3v) is 5.59. The number of hydrogen-bond donors (Lipinski definition) is 4. The van der Waals surface area contributed by atoms with Crippen LogP contribution in [0.2, 0.25) is 20.1 Å². The first-order chi connectivity index (χ1) is 17.2. The average Bonchev–Trinajstić information content (AvgIpc) is 2.83. The zero-order chi connectivity index (χ0) is 27.8. The number of nitrogens with zero attached hydrogens (tertiary/aromatic N) is 2. The Kier molecular flexibility index (Phi) is 11.3. The molecule has 3 aromatic rings. The lowest BCUT2D eigenvalue weighted by molar-refractivity contribution is 0.0955. The molecule has 3 rings (SSSR count). The molecule has 0 saturated carbocycles. The zero-order valence-electron chi connectivity index (χ0n) is 19.2. The van der Waals surface area contributed by atoms with E-state index in [9.17, 15) is 4.79 Å². The Morgan fingerprint density at radius 2 is 1.19 bits per heavy atom. The van der Waals surface area contributed by atoms with Crippen LogP contribution >= 0.6 is 46.4 Å². The normalized spacial score (nSPS) is 11.9. The number of anilines is 1. The molecule has 0 radical (unpaired) electrons. The summed E-state index contributed by atoms with van der Waals surface area (Å²) in [6, 6.07) is 17.0. The van der Waals surface area contributed by atoms with E-state index in [2.05, 4.69) is 21.1 Å². The van der Waals surface area contributed by atoms with E-state index in [-0.39, 0.29) is 5.91 Å². The highest BCUT2D eigenvalue weighted by Gasteiger charge is 2.09. The lowest BCUT2D eigenvalue weighted by atomic mass is 10.1. The Morgan fingerprint density at radius 1 is 0.757 bits per heavy atom. The summed E-state index contributed by atoms with van der Waals surface area (Å²) < 4.78 is 31.6. The van der Waals surface area contributed by atoms with Crippen LogP contribution in [0.4, 0.5) is 5.69 Å². The number of carbonyl (C=O) groups is 1. The Balaban J connectivity index is 0.000000877. The highest BCUT2D eigenvalue weighted by Crippen LogP contribution is 2.22. The summed E-state index contributed by atoms with van der Waals surface area (Å²) in [5.74, 6) is -0.362. The van der Waals surface area contributed by atoms with E-state index in [1.54, 1.807) is 67.6 Å². The number of carbonyl (C=O) groups excluding carboxylic acids is 1. The van der Waals surface area contributed by atoms with Crippen molar-refractivity contribution < 1.29 is 22.3 Å². The smallest absolute Gasteiger partial charge is 0.278 e. The van der Waals surface area contributed by atoms with E-state index in [4.69, 9.17) is 63.9 Å². The Hall–Kier alpha value is -2.70. The summed E-state index contributed by atoms with van der Waals surface area (Å²) in [6.07, 6.45) is 0. The average molecular weight is 606 g/mol. The molecule has 37 heavy (non-hydrogen) atoms. The number of rotatable bonds is 6. The van der Waals surface area contributed by atoms with Crippen LogP contribution in [0.15, 0.2) is 70.9 Å². The predicted octanol–water partition coefficient (Wildman–Crippen LogP) is 6.64. The Bertz CT molecular complexity index is 1440. The van der Waals surface area contributed by atoms with Crippen molar-refractivity contribution in [2.45, 2.75) is 13.8 Å². The Morgan fingerprint density at radius 3 is 1.65 bits per heavy atom. The van der Waals surface area contributed by atoms with Gasteiger partial charge in [0.1, 0.15) is 0 Å². The fourth-order valence-corrected chi connectivity index (χ4v) is 3.57. The molecular weight excluding hydrogens is 586 g/mol. The first kappa shape index (κ1) is 30.5. The molecule has 0 aromatic heterocycles. The number of amides is 1. The lowest BCUT2D eigenvalue weighted by Crippen LogP contribution is -2.19. The van der Waals surface area contributed by atoms with Gasteiger partial charge >= 0.3 is 10.4 Å². The van der Waals surface area contributed by atoms with Gasteiger partial charge in [0.25, 0.3) is 5.91 Å². The van der Waals surface area contributed by atoms with Crippen LogP contribution in [0.3, 0.4) is 0 Å². The Labute approximate surface area is 233 Å². The quantitative estimate of drug-likeness (QED) is 0.141. The van der Waals surface area contributed by atoms with Crippen LogP contribution in [0.25, 0.3) is 0 Å². The molecular formula is C23H20Cl4N4O5S. The van der Waals surface area contributed by atoms with Gasteiger partial charge in [-0.1, -0.05) is 46.4 Å². The molecule has 0 unspecified atom stereocenters. The summed E-state index contributed by atoms with van der Waals surface area (Å²) >= 11 is 24.4. The van der Waals surface area contributed by atoms with Gasteiger partial charge in [-0.15, -0.1) is 0 Å². The molecule has 3 aromatic carbocycles. The molecule has 14 heteroatoms. The molecule has 0 heterocycles. The molecule has 9 nitrogen and oxygen atoms in total. The molecule has 0 aliphatic carbocycles. The van der Waals surface area contributed by atoms with Crippen LogP contribution in [-0.2, 0) is 10.4 Å². The van der Waals surface area contributed by atoms with E-state index in [0.717, 1.165) is 5.56 Å². The van der Waals surface area contributed by atoms with E-state index >= 15 is 0 Å². The fourth-order valence-electron chi connectivity index (χ4n) is 2.71. The monoisotopic (exact) mass is 604 g/mol. The summed E-state index contributed by atoms with van der Waals surface area (Å²) in [7, 11) is -4.67. The highest BCUT2D eigenvalue weighted by atomic mass is 35.5. The SMILES string of the molecule is C/C(=N/NC(=O)c1ccc(N/N=C(/C)c2cc(Cl)ccc2Cl)cc1)c1cc(Cl)ccc1Cl.O=S(=O)(O)O. The minimum Gasteiger partial charge on any atom is -0.278 e. The molecule has 0 spiro atoms. The van der Waals surface area contributed by atoms with Crippen LogP contribution in [0, 0.1) is 0 Å². The predicted molar refractivity (Wildman–Crippen MR) is 149 cm³/mol. The molecule has 1 amide bonds. The van der Waals surface area contributed by atoms with Crippen molar-refractivity contribution in [1.82, 2.24) is 5.43 Å². The van der Waals surface area contributed by atoms with Crippen molar-refractivity contribution in [3.63, 3.8) is 0 Å². The molecule has 196 valence electrons. The summed E-state index contributed by atoms with van der Waals surface area (Å²) in [5.41, 5.74) is 9.17. The van der Waals surface area contributed by atoms with E-state index in [0.29, 0.717) is 48.3 Å². The third kappa shape index (κ3) is 10.7. The van der Waals surface area contributed by atoms with Crippen LogP contribution in [0.5, 0.6) is 0 Å². The maximum atomic E-state index is 12.4. The molecule has 0 atom stereocenters. The van der Waals surface area contributed by atoms with Crippen molar-refractivity contribution in [1.29, 1.82) is 0 Å². The van der Waals surface area contributed by atoms with E-state index in [1.165, 1.54) is 0 Å². The number of nitrogens with one attached hydrogen (secondary N) is 2. The first-order valence-electron chi connectivity index (χ1n) is 10.1. The van der Waals surface area contributed by atoms with Crippen molar-refractivity contribution in [3.05, 3.63) is 97.4 Å². The number of hydrogen-bond acceptors (Lipinski definition) is 6. The minimum absolute atomic E-state index is 0.362. The van der Waals surface area contributed by atoms with Crippen molar-refractivity contribution >= 4 is 79.8 Å². The van der Waals surface area contributed by atoms with Crippen molar-refractivity contribution in [2.24, 2.45) is 10.2 Å². The molecule has 4 N–H and O–H groups in total. The second kappa shape index (κ2) is 13.7. The largest absolute Gasteiger partial charge is 0.394 e. The van der Waals surface area contributed by atoms with Gasteiger partial charge in [0.2, 0.25) is 0 Å². The van der Waals surface area contributed by atoms with Gasteiger partial charge in [0.15, 0.2) is 0 Å². The molecule has 0 aliphatic rings. The van der Waals surface area contributed by atoms with Crippen LogP contribution < -0.4 is 10.9 Å². The number of hydrazone groups is 2. The van der Waals surface area contributed by atoms with Gasteiger partial charge in [0, 0.05) is 36.8 Å². The zero-order valence-corrected chi connectivity index (χ0v) is 23.0. The standard InChI is InChI=1S/C23H18Cl4N4O.H2O4S/c1-13(19-11-16(24)5-9-21(19)26)28-30-18-7-3-15(4-8-18)23(32)31-29-14(2)20-12-17(25)6-10-22(20)27;1-5(2,3)4/h3-12,30H,1-2H3,(H,31,32);(H2,1,2,3,4)/b28-13-,29-14-;. The molecule has 0 fully saturated rings. The van der Waals surface area contributed by atoms with Gasteiger partial charge in [-0.2, -0.15) is 18.6 Å². The molecule has 0 bridgehead atoms. The maximum absolute atomic E-state index is 12.4. The van der Waals surface area contributed by atoms with E-state index < -0.39 is 10.4 Å². The second-order valence-corrected chi connectivity index (χ2v) is 9.80. The fraction of sp³-hybridized carbons (Fsp3) is 0.0870. The summed E-state index contributed by atoms with van der Waals surface area (Å²) in [6.45, 7) is 3.55. The van der Waals surface area contributed by atoms with Gasteiger partial charge in [-0.05, 0) is 74.5 Å². The topological polar surface area (TPSA) is 140 Å². The van der Waals surface area contributed by atoms with Crippen LogP contribution in [-0.4, -0.2) is 34.9 Å². The molecule has 0 saturated heterocycles. The summed E-state index contributed by atoms with van der Waals surface area (Å²) in [5, 5.41) is 10.6. The second-order valence-electron chi connectivity index (χ2n) is 7.22. The number of benzene rings is 3. The highest BCUT2D eigenvalue weighted by molar-refractivity contribution is 7.79. The summed E-state index contributed by atoms with van der Waals surface area (Å²) in [4.78, 5) is 12.4. The maximum Gasteiger partial charge on any atom is 0.394 e. The van der Waals surface area contributed by atoms with E-state index in [1.807, 2.05) is 6.92 Å². The van der Waals surface area contributed by atoms with Gasteiger partial charge in [0.05, 0.1) is 17.1 Å². The van der Waals surface area contributed by atoms with Gasteiger partial charge < -0.3 is 0 Å². The van der Waals surface area contributed by atoms with Gasteiger partial charge in [-0.3, -0.25) is 19.3 Å². The first-order valence-corrected chi connectivity index (χ1v) is 13.0. The third-order valence-electron chi connectivity index (χ3n) is 4.46. The van der Waals surface area contributed by atoms with Gasteiger partial charge in [-0.25, -0.2) is 5.43 Å². The molecule has 0 aliphatic heterocycles. The van der Waals surface area contributed by atoms with Crippen molar-refractivity contribution in [2.75, 3.05) is 5.43 Å². The van der Waals surface area contributed by atoms with Crippen LogP contribution in [0.1, 0.15) is 35.3 Å². The van der Waals surface area contributed by atoms with Crippen molar-refractivity contribution in [3.8, 4) is 0 Å².